The van der Waals surface area contributed by atoms with E-state index in [-0.39, 0.29) is 24.2 Å². The Morgan fingerprint density at radius 1 is 1.17 bits per heavy atom. The topological polar surface area (TPSA) is 61.9 Å². The second-order valence-corrected chi connectivity index (χ2v) is 7.21. The Labute approximate surface area is 172 Å². The molecule has 6 heteroatoms. The molecule has 2 aromatic carbocycles. The monoisotopic (exact) mass is 395 g/mol. The fraction of sp³-hybridized carbons (Fsp3) is 0.391. The summed E-state index contributed by atoms with van der Waals surface area (Å²) in [4.78, 5) is 28.9. The number of nitrogens with zero attached hydrogens (tertiary/aromatic N) is 2. The fourth-order valence-corrected chi connectivity index (χ4v) is 3.56. The van der Waals surface area contributed by atoms with Gasteiger partial charge in [-0.1, -0.05) is 30.3 Å². The molecule has 1 aliphatic rings. The maximum Gasteiger partial charge on any atom is 0.227 e. The number of ether oxygens (including phenoxy) is 1. The summed E-state index contributed by atoms with van der Waals surface area (Å²) in [5, 5.41) is 2.99. The lowest BCUT2D eigenvalue weighted by Crippen LogP contribution is -2.34. The van der Waals surface area contributed by atoms with Crippen LogP contribution in [0.15, 0.2) is 54.6 Å². The highest BCUT2D eigenvalue weighted by Gasteiger charge is 2.36. The Morgan fingerprint density at radius 3 is 2.66 bits per heavy atom. The lowest BCUT2D eigenvalue weighted by atomic mass is 10.1. The van der Waals surface area contributed by atoms with Crippen LogP contribution in [0.3, 0.4) is 0 Å². The first kappa shape index (κ1) is 20.7. The maximum absolute atomic E-state index is 12.6. The molecule has 0 spiro atoms. The van der Waals surface area contributed by atoms with Gasteiger partial charge in [0.25, 0.3) is 0 Å². The van der Waals surface area contributed by atoms with E-state index in [2.05, 4.69) is 22.3 Å². The largest absolute Gasteiger partial charge is 0.492 e. The minimum Gasteiger partial charge on any atom is -0.492 e. The van der Waals surface area contributed by atoms with E-state index in [0.717, 1.165) is 24.3 Å². The van der Waals surface area contributed by atoms with Crippen LogP contribution in [0.5, 0.6) is 5.75 Å². The fourth-order valence-electron chi connectivity index (χ4n) is 3.56. The summed E-state index contributed by atoms with van der Waals surface area (Å²) >= 11 is 0. The molecule has 6 nitrogen and oxygen atoms in total. The van der Waals surface area contributed by atoms with Crippen LogP contribution in [0.1, 0.15) is 19.8 Å². The molecule has 29 heavy (non-hydrogen) atoms. The van der Waals surface area contributed by atoms with Crippen LogP contribution in [-0.4, -0.2) is 45.1 Å². The number of rotatable bonds is 9. The van der Waals surface area contributed by atoms with E-state index < -0.39 is 0 Å². The van der Waals surface area contributed by atoms with Gasteiger partial charge in [-0.05, 0) is 37.6 Å². The van der Waals surface area contributed by atoms with Gasteiger partial charge in [0.2, 0.25) is 11.8 Å². The molecule has 1 fully saturated rings. The van der Waals surface area contributed by atoms with E-state index in [4.69, 9.17) is 4.74 Å². The van der Waals surface area contributed by atoms with Crippen molar-refractivity contribution in [3.05, 3.63) is 54.6 Å². The van der Waals surface area contributed by atoms with Crippen molar-refractivity contribution in [3.8, 4) is 5.75 Å². The van der Waals surface area contributed by atoms with E-state index in [1.54, 1.807) is 4.90 Å². The van der Waals surface area contributed by atoms with Crippen molar-refractivity contribution in [1.29, 1.82) is 0 Å². The molecule has 0 aliphatic carbocycles. The van der Waals surface area contributed by atoms with Crippen LogP contribution < -0.4 is 19.9 Å². The molecule has 2 aromatic rings. The summed E-state index contributed by atoms with van der Waals surface area (Å²) in [6, 6.07) is 17.6. The van der Waals surface area contributed by atoms with Crippen molar-refractivity contribution in [3.63, 3.8) is 0 Å². The molecule has 1 unspecified atom stereocenters. The molecule has 1 saturated heterocycles. The van der Waals surface area contributed by atoms with Gasteiger partial charge < -0.3 is 19.9 Å². The summed E-state index contributed by atoms with van der Waals surface area (Å²) in [6.45, 7) is 4.27. The number of nitrogens with one attached hydrogen (secondary N) is 1. The van der Waals surface area contributed by atoms with Gasteiger partial charge >= 0.3 is 0 Å². The van der Waals surface area contributed by atoms with Gasteiger partial charge in [0.1, 0.15) is 5.75 Å². The first-order chi connectivity index (χ1) is 14.1. The molecule has 1 heterocycles. The van der Waals surface area contributed by atoms with E-state index >= 15 is 0 Å². The van der Waals surface area contributed by atoms with E-state index in [1.165, 1.54) is 0 Å². The number of para-hydroxylation sites is 3. The molecule has 0 saturated carbocycles. The Hall–Kier alpha value is -3.02. The van der Waals surface area contributed by atoms with Crippen molar-refractivity contribution in [2.75, 3.05) is 43.1 Å². The molecule has 3 rings (SSSR count). The summed E-state index contributed by atoms with van der Waals surface area (Å²) < 4.78 is 5.63. The van der Waals surface area contributed by atoms with Gasteiger partial charge in [0.05, 0.1) is 18.2 Å². The number of anilines is 2. The zero-order valence-corrected chi connectivity index (χ0v) is 17.1. The van der Waals surface area contributed by atoms with Crippen molar-refractivity contribution >= 4 is 23.2 Å². The van der Waals surface area contributed by atoms with Crippen LogP contribution in [-0.2, 0) is 9.59 Å². The van der Waals surface area contributed by atoms with Crippen LogP contribution >= 0.6 is 0 Å². The number of hydrogen-bond acceptors (Lipinski definition) is 4. The Morgan fingerprint density at radius 2 is 1.90 bits per heavy atom. The van der Waals surface area contributed by atoms with E-state index in [9.17, 15) is 9.59 Å². The predicted molar refractivity (Wildman–Crippen MR) is 115 cm³/mol. The smallest absolute Gasteiger partial charge is 0.227 e. The molecule has 0 bridgehead atoms. The molecular weight excluding hydrogens is 366 g/mol. The third-order valence-electron chi connectivity index (χ3n) is 5.12. The SMILES string of the molecule is CCOc1ccccc1N1CC(C(=O)NCCCN(C)c2ccccc2)CC1=O. The lowest BCUT2D eigenvalue weighted by molar-refractivity contribution is -0.126. The van der Waals surface area contributed by atoms with Crippen LogP contribution in [0.2, 0.25) is 0 Å². The normalized spacial score (nSPS) is 16.0. The first-order valence-corrected chi connectivity index (χ1v) is 10.2. The minimum atomic E-state index is -0.330. The second kappa shape index (κ2) is 9.96. The number of benzene rings is 2. The number of hydrogen-bond donors (Lipinski definition) is 1. The summed E-state index contributed by atoms with van der Waals surface area (Å²) in [7, 11) is 2.04. The average Bonchev–Trinajstić information content (AvgIpc) is 3.14. The van der Waals surface area contributed by atoms with Gasteiger partial charge in [-0.15, -0.1) is 0 Å². The highest BCUT2D eigenvalue weighted by molar-refractivity contribution is 6.01. The Bertz CT molecular complexity index is 825. The standard InChI is InChI=1S/C23H29N3O3/c1-3-29-21-13-8-7-12-20(21)26-17-18(16-22(26)27)23(28)24-14-9-15-25(2)19-10-5-4-6-11-19/h4-8,10-13,18H,3,9,14-17H2,1-2H3,(H,24,28). The Kier molecular flexibility index (Phi) is 7.11. The lowest BCUT2D eigenvalue weighted by Gasteiger charge is -2.20. The summed E-state index contributed by atoms with van der Waals surface area (Å²) in [5.41, 5.74) is 1.89. The Balaban J connectivity index is 1.48. The van der Waals surface area contributed by atoms with Crippen molar-refractivity contribution in [2.45, 2.75) is 19.8 Å². The van der Waals surface area contributed by atoms with Crippen LogP contribution in [0.4, 0.5) is 11.4 Å². The summed E-state index contributed by atoms with van der Waals surface area (Å²) in [6.07, 6.45) is 1.07. The quantitative estimate of drug-likeness (QED) is 0.663. The van der Waals surface area contributed by atoms with Gasteiger partial charge in [0, 0.05) is 38.8 Å². The van der Waals surface area contributed by atoms with Gasteiger partial charge in [-0.25, -0.2) is 0 Å². The third kappa shape index (κ3) is 5.28. The highest BCUT2D eigenvalue weighted by atomic mass is 16.5. The average molecular weight is 396 g/mol. The van der Waals surface area contributed by atoms with Gasteiger partial charge in [-0.2, -0.15) is 0 Å². The second-order valence-electron chi connectivity index (χ2n) is 7.21. The van der Waals surface area contributed by atoms with E-state index in [1.807, 2.05) is 56.4 Å². The van der Waals surface area contributed by atoms with Crippen molar-refractivity contribution < 1.29 is 14.3 Å². The molecule has 1 aliphatic heterocycles. The number of amides is 2. The number of carbonyl (C=O) groups excluding carboxylic acids is 2. The van der Waals surface area contributed by atoms with Crippen molar-refractivity contribution in [2.24, 2.45) is 5.92 Å². The van der Waals surface area contributed by atoms with Crippen LogP contribution in [0, 0.1) is 5.92 Å². The highest BCUT2D eigenvalue weighted by Crippen LogP contribution is 2.33. The molecular formula is C23H29N3O3. The predicted octanol–water partition coefficient (Wildman–Crippen LogP) is 3.08. The zero-order valence-electron chi connectivity index (χ0n) is 17.1. The van der Waals surface area contributed by atoms with Gasteiger partial charge in [0.15, 0.2) is 0 Å². The van der Waals surface area contributed by atoms with E-state index in [0.29, 0.717) is 25.4 Å². The van der Waals surface area contributed by atoms with Crippen molar-refractivity contribution in [1.82, 2.24) is 5.32 Å². The maximum atomic E-state index is 12.6. The molecule has 1 atom stereocenters. The zero-order chi connectivity index (χ0) is 20.6. The number of carbonyl (C=O) groups is 2. The molecule has 154 valence electrons. The third-order valence-corrected chi connectivity index (χ3v) is 5.12. The van der Waals surface area contributed by atoms with Crippen LogP contribution in [0.25, 0.3) is 0 Å². The molecule has 1 N–H and O–H groups in total. The first-order valence-electron chi connectivity index (χ1n) is 10.2. The minimum absolute atomic E-state index is 0.0406. The molecule has 0 radical (unpaired) electrons. The molecule has 0 aromatic heterocycles. The van der Waals surface area contributed by atoms with Gasteiger partial charge in [-0.3, -0.25) is 9.59 Å². The summed E-state index contributed by atoms with van der Waals surface area (Å²) in [5.74, 6) is 0.246. The molecule has 2 amide bonds.